The van der Waals surface area contributed by atoms with Gasteiger partial charge in [-0.25, -0.2) is 0 Å². The molecule has 0 radical (unpaired) electrons. The molecule has 0 aromatic heterocycles. The average Bonchev–Trinajstić information content (AvgIpc) is 3.24. The van der Waals surface area contributed by atoms with Crippen molar-refractivity contribution in [2.24, 2.45) is 5.92 Å². The standard InChI is InChI=1S/C16H24N2O.ClH/c1-2-3-11-18(15-7-5-4-6-8-15)16(19)13-17-12-14-9-10-14;/h4-8,14,17H,2-3,9-13H2,1H3;1H. The molecular formula is C16H25ClN2O. The Bertz CT molecular complexity index is 393. The van der Waals surface area contributed by atoms with Crippen molar-refractivity contribution in [2.45, 2.75) is 32.6 Å². The van der Waals surface area contributed by atoms with Crippen molar-refractivity contribution in [1.82, 2.24) is 5.32 Å². The smallest absolute Gasteiger partial charge is 0.240 e. The molecule has 0 aliphatic heterocycles. The number of anilines is 1. The van der Waals surface area contributed by atoms with E-state index in [1.807, 2.05) is 35.2 Å². The summed E-state index contributed by atoms with van der Waals surface area (Å²) in [7, 11) is 0. The summed E-state index contributed by atoms with van der Waals surface area (Å²) in [5.41, 5.74) is 1.01. The van der Waals surface area contributed by atoms with Crippen LogP contribution in [0.15, 0.2) is 30.3 Å². The van der Waals surface area contributed by atoms with E-state index < -0.39 is 0 Å². The van der Waals surface area contributed by atoms with Crippen molar-refractivity contribution in [1.29, 1.82) is 0 Å². The van der Waals surface area contributed by atoms with Gasteiger partial charge < -0.3 is 10.2 Å². The molecule has 112 valence electrons. The molecule has 20 heavy (non-hydrogen) atoms. The minimum atomic E-state index is 0. The Morgan fingerprint density at radius 1 is 1.30 bits per heavy atom. The van der Waals surface area contributed by atoms with Crippen molar-refractivity contribution in [3.63, 3.8) is 0 Å². The maximum Gasteiger partial charge on any atom is 0.240 e. The molecule has 0 bridgehead atoms. The Balaban J connectivity index is 0.00000200. The summed E-state index contributed by atoms with van der Waals surface area (Å²) in [5.74, 6) is 0.994. The van der Waals surface area contributed by atoms with Crippen LogP contribution in [0, 0.1) is 5.92 Å². The lowest BCUT2D eigenvalue weighted by Crippen LogP contribution is -2.39. The average molecular weight is 297 g/mol. The first-order valence-electron chi connectivity index (χ1n) is 7.37. The van der Waals surface area contributed by atoms with Crippen LogP contribution in [0.1, 0.15) is 32.6 Å². The highest BCUT2D eigenvalue weighted by atomic mass is 35.5. The SMILES string of the molecule is CCCCN(C(=O)CNCC1CC1)c1ccccc1.Cl. The molecule has 0 heterocycles. The first kappa shape index (κ1) is 17.0. The van der Waals surface area contributed by atoms with E-state index in [2.05, 4.69) is 12.2 Å². The van der Waals surface area contributed by atoms with E-state index in [4.69, 9.17) is 0 Å². The molecule has 1 fully saturated rings. The molecule has 1 aliphatic rings. The Labute approximate surface area is 128 Å². The van der Waals surface area contributed by atoms with Gasteiger partial charge >= 0.3 is 0 Å². The van der Waals surface area contributed by atoms with Crippen LogP contribution in [-0.2, 0) is 4.79 Å². The van der Waals surface area contributed by atoms with Crippen LogP contribution in [0.2, 0.25) is 0 Å². The molecule has 1 amide bonds. The molecular weight excluding hydrogens is 272 g/mol. The van der Waals surface area contributed by atoms with E-state index >= 15 is 0 Å². The van der Waals surface area contributed by atoms with Crippen LogP contribution in [0.3, 0.4) is 0 Å². The summed E-state index contributed by atoms with van der Waals surface area (Å²) >= 11 is 0. The molecule has 1 saturated carbocycles. The van der Waals surface area contributed by atoms with Gasteiger partial charge in [-0.2, -0.15) is 0 Å². The molecule has 2 rings (SSSR count). The van der Waals surface area contributed by atoms with Crippen molar-refractivity contribution in [3.8, 4) is 0 Å². The molecule has 1 aromatic carbocycles. The van der Waals surface area contributed by atoms with Gasteiger partial charge in [0.05, 0.1) is 6.54 Å². The summed E-state index contributed by atoms with van der Waals surface area (Å²) in [4.78, 5) is 14.2. The van der Waals surface area contributed by atoms with Gasteiger partial charge in [0.25, 0.3) is 0 Å². The third-order valence-corrected chi connectivity index (χ3v) is 3.51. The fourth-order valence-electron chi connectivity index (χ4n) is 2.12. The number of nitrogens with one attached hydrogen (secondary N) is 1. The number of hydrogen-bond donors (Lipinski definition) is 1. The van der Waals surface area contributed by atoms with Gasteiger partial charge in [0.15, 0.2) is 0 Å². The number of para-hydroxylation sites is 1. The second-order valence-corrected chi connectivity index (χ2v) is 5.31. The quantitative estimate of drug-likeness (QED) is 0.799. The highest BCUT2D eigenvalue weighted by Gasteiger charge is 2.21. The molecule has 3 nitrogen and oxygen atoms in total. The minimum Gasteiger partial charge on any atom is -0.311 e. The van der Waals surface area contributed by atoms with Crippen LogP contribution in [0.5, 0.6) is 0 Å². The molecule has 4 heteroatoms. The Morgan fingerprint density at radius 3 is 2.60 bits per heavy atom. The molecule has 0 atom stereocenters. The van der Waals surface area contributed by atoms with Crippen molar-refractivity contribution in [3.05, 3.63) is 30.3 Å². The van der Waals surface area contributed by atoms with Crippen LogP contribution >= 0.6 is 12.4 Å². The van der Waals surface area contributed by atoms with E-state index in [1.165, 1.54) is 12.8 Å². The van der Waals surface area contributed by atoms with Gasteiger partial charge in [-0.3, -0.25) is 4.79 Å². The number of amides is 1. The van der Waals surface area contributed by atoms with Crippen LogP contribution in [0.4, 0.5) is 5.69 Å². The van der Waals surface area contributed by atoms with E-state index in [0.29, 0.717) is 6.54 Å². The fraction of sp³-hybridized carbons (Fsp3) is 0.562. The Hall–Kier alpha value is -1.06. The molecule has 1 aliphatic carbocycles. The number of carbonyl (C=O) groups excluding carboxylic acids is 1. The fourth-order valence-corrected chi connectivity index (χ4v) is 2.12. The number of halogens is 1. The molecule has 0 spiro atoms. The number of nitrogens with zero attached hydrogens (tertiary/aromatic N) is 1. The van der Waals surface area contributed by atoms with E-state index in [9.17, 15) is 4.79 Å². The zero-order valence-corrected chi connectivity index (χ0v) is 13.0. The van der Waals surface area contributed by atoms with Gasteiger partial charge in [-0.1, -0.05) is 31.5 Å². The Morgan fingerprint density at radius 2 is 2.00 bits per heavy atom. The summed E-state index contributed by atoms with van der Waals surface area (Å²) < 4.78 is 0. The predicted octanol–water partition coefficient (Wildman–Crippen LogP) is 3.24. The van der Waals surface area contributed by atoms with Crippen molar-refractivity contribution < 1.29 is 4.79 Å². The monoisotopic (exact) mass is 296 g/mol. The second kappa shape index (κ2) is 8.98. The van der Waals surface area contributed by atoms with Crippen LogP contribution in [-0.4, -0.2) is 25.5 Å². The summed E-state index contributed by atoms with van der Waals surface area (Å²) in [6, 6.07) is 9.97. The molecule has 0 saturated heterocycles. The topological polar surface area (TPSA) is 32.3 Å². The lowest BCUT2D eigenvalue weighted by atomic mass is 10.2. The zero-order valence-electron chi connectivity index (χ0n) is 12.2. The third kappa shape index (κ3) is 5.51. The van der Waals surface area contributed by atoms with Crippen LogP contribution in [0.25, 0.3) is 0 Å². The maximum absolute atomic E-state index is 12.3. The molecule has 0 unspecified atom stereocenters. The van der Waals surface area contributed by atoms with Crippen molar-refractivity contribution in [2.75, 3.05) is 24.5 Å². The van der Waals surface area contributed by atoms with Gasteiger partial charge in [0.2, 0.25) is 5.91 Å². The van der Waals surface area contributed by atoms with E-state index in [1.54, 1.807) is 0 Å². The lowest BCUT2D eigenvalue weighted by Gasteiger charge is -2.23. The molecule has 1 aromatic rings. The largest absolute Gasteiger partial charge is 0.311 e. The summed E-state index contributed by atoms with van der Waals surface area (Å²) in [6.07, 6.45) is 4.79. The predicted molar refractivity (Wildman–Crippen MR) is 86.5 cm³/mol. The van der Waals surface area contributed by atoms with Gasteiger partial charge in [-0.05, 0) is 43.9 Å². The highest BCUT2D eigenvalue weighted by Crippen LogP contribution is 2.27. The van der Waals surface area contributed by atoms with E-state index in [-0.39, 0.29) is 18.3 Å². The number of unbranched alkanes of at least 4 members (excludes halogenated alkanes) is 1. The maximum atomic E-state index is 12.3. The number of benzene rings is 1. The minimum absolute atomic E-state index is 0. The highest BCUT2D eigenvalue weighted by molar-refractivity contribution is 5.94. The van der Waals surface area contributed by atoms with Crippen LogP contribution < -0.4 is 10.2 Å². The van der Waals surface area contributed by atoms with Gasteiger partial charge in [-0.15, -0.1) is 12.4 Å². The third-order valence-electron chi connectivity index (χ3n) is 3.51. The van der Waals surface area contributed by atoms with E-state index in [0.717, 1.165) is 37.5 Å². The second-order valence-electron chi connectivity index (χ2n) is 5.31. The van der Waals surface area contributed by atoms with Crippen molar-refractivity contribution >= 4 is 24.0 Å². The van der Waals surface area contributed by atoms with Gasteiger partial charge in [0.1, 0.15) is 0 Å². The summed E-state index contributed by atoms with van der Waals surface area (Å²) in [6.45, 7) is 4.40. The molecule has 1 N–H and O–H groups in total. The number of carbonyl (C=O) groups is 1. The summed E-state index contributed by atoms with van der Waals surface area (Å²) in [5, 5.41) is 3.28. The number of rotatable bonds is 8. The zero-order chi connectivity index (χ0) is 13.5. The first-order valence-corrected chi connectivity index (χ1v) is 7.37. The first-order chi connectivity index (χ1) is 9.31. The lowest BCUT2D eigenvalue weighted by molar-refractivity contribution is -0.117. The van der Waals surface area contributed by atoms with Gasteiger partial charge in [0, 0.05) is 12.2 Å². The number of hydrogen-bond acceptors (Lipinski definition) is 2. The normalized spacial score (nSPS) is 13.7. The Kier molecular flexibility index (Phi) is 7.63.